The fourth-order valence-corrected chi connectivity index (χ4v) is 3.47. The SMILES string of the molecule is Cc1cc(C#N)c(NCC(Cn2cncn2)c2ccc(F)cc2F)s1. The van der Waals surface area contributed by atoms with Crippen molar-refractivity contribution in [1.29, 1.82) is 5.26 Å². The van der Waals surface area contributed by atoms with Crippen LogP contribution in [0.15, 0.2) is 36.9 Å². The lowest BCUT2D eigenvalue weighted by molar-refractivity contribution is 0.497. The maximum atomic E-state index is 14.2. The Morgan fingerprint density at radius 3 is 2.88 bits per heavy atom. The van der Waals surface area contributed by atoms with Gasteiger partial charge in [0.15, 0.2) is 0 Å². The van der Waals surface area contributed by atoms with Gasteiger partial charge in [0.1, 0.15) is 35.4 Å². The number of nitrogens with zero attached hydrogens (tertiary/aromatic N) is 4. The van der Waals surface area contributed by atoms with Crippen LogP contribution < -0.4 is 5.32 Å². The van der Waals surface area contributed by atoms with Gasteiger partial charge in [-0.05, 0) is 24.6 Å². The molecule has 1 atom stereocenters. The van der Waals surface area contributed by atoms with E-state index in [-0.39, 0.29) is 5.92 Å². The van der Waals surface area contributed by atoms with Gasteiger partial charge in [-0.25, -0.2) is 13.8 Å². The zero-order valence-corrected chi connectivity index (χ0v) is 14.2. The highest BCUT2D eigenvalue weighted by atomic mass is 32.1. The van der Waals surface area contributed by atoms with Crippen molar-refractivity contribution in [3.8, 4) is 6.07 Å². The van der Waals surface area contributed by atoms with Gasteiger partial charge < -0.3 is 5.32 Å². The maximum absolute atomic E-state index is 14.2. The number of halogens is 2. The minimum atomic E-state index is -0.616. The summed E-state index contributed by atoms with van der Waals surface area (Å²) < 4.78 is 29.1. The second-order valence-electron chi connectivity index (χ2n) is 5.57. The Hall–Kier alpha value is -2.79. The number of hydrogen-bond acceptors (Lipinski definition) is 5. The molecule has 3 aromatic rings. The molecule has 0 aliphatic carbocycles. The van der Waals surface area contributed by atoms with Gasteiger partial charge in [-0.2, -0.15) is 10.4 Å². The first kappa shape index (κ1) is 17.0. The number of hydrogen-bond donors (Lipinski definition) is 1. The molecule has 5 nitrogen and oxygen atoms in total. The predicted molar refractivity (Wildman–Crippen MR) is 91.4 cm³/mol. The molecule has 2 aromatic heterocycles. The standard InChI is InChI=1S/C17H15F2N5S/c1-11-4-12(6-20)17(25-11)22-7-13(8-24-10-21-9-23-24)15-3-2-14(18)5-16(15)19/h2-5,9-10,13,22H,7-8H2,1H3. The van der Waals surface area contributed by atoms with Gasteiger partial charge in [0.25, 0.3) is 0 Å². The average Bonchev–Trinajstić information content (AvgIpc) is 3.21. The summed E-state index contributed by atoms with van der Waals surface area (Å²) in [5.41, 5.74) is 0.942. The van der Waals surface area contributed by atoms with Crippen molar-refractivity contribution in [3.05, 3.63) is 64.6 Å². The van der Waals surface area contributed by atoms with E-state index in [2.05, 4.69) is 21.5 Å². The molecular formula is C17H15F2N5S. The number of aryl methyl sites for hydroxylation is 1. The van der Waals surface area contributed by atoms with E-state index in [1.807, 2.05) is 6.92 Å². The molecule has 25 heavy (non-hydrogen) atoms. The van der Waals surface area contributed by atoms with Crippen molar-refractivity contribution in [1.82, 2.24) is 14.8 Å². The first-order chi connectivity index (χ1) is 12.1. The fourth-order valence-electron chi connectivity index (χ4n) is 2.60. The van der Waals surface area contributed by atoms with Gasteiger partial charge >= 0.3 is 0 Å². The molecule has 0 fully saturated rings. The predicted octanol–water partition coefficient (Wildman–Crippen LogP) is 3.69. The van der Waals surface area contributed by atoms with E-state index in [0.29, 0.717) is 24.2 Å². The molecule has 0 bridgehead atoms. The van der Waals surface area contributed by atoms with E-state index in [0.717, 1.165) is 15.9 Å². The number of nitrogens with one attached hydrogen (secondary N) is 1. The zero-order chi connectivity index (χ0) is 17.8. The second-order valence-corrected chi connectivity index (χ2v) is 6.83. The third-order valence-electron chi connectivity index (χ3n) is 3.76. The lowest BCUT2D eigenvalue weighted by Gasteiger charge is -2.19. The molecule has 0 saturated heterocycles. The lowest BCUT2D eigenvalue weighted by atomic mass is 9.98. The highest BCUT2D eigenvalue weighted by Crippen LogP contribution is 2.29. The smallest absolute Gasteiger partial charge is 0.137 e. The number of thiophene rings is 1. The molecule has 0 amide bonds. The van der Waals surface area contributed by atoms with Crippen molar-refractivity contribution in [3.63, 3.8) is 0 Å². The summed E-state index contributed by atoms with van der Waals surface area (Å²) >= 11 is 1.47. The Balaban J connectivity index is 1.84. The van der Waals surface area contributed by atoms with Gasteiger partial charge in [0.05, 0.1) is 12.1 Å². The number of aromatic nitrogens is 3. The van der Waals surface area contributed by atoms with Crippen LogP contribution in [0.5, 0.6) is 0 Å². The van der Waals surface area contributed by atoms with Crippen molar-refractivity contribution >= 4 is 16.3 Å². The monoisotopic (exact) mass is 359 g/mol. The van der Waals surface area contributed by atoms with Gasteiger partial charge in [-0.3, -0.25) is 4.68 Å². The molecule has 0 saturated carbocycles. The summed E-state index contributed by atoms with van der Waals surface area (Å²) in [6.45, 7) is 2.67. The molecule has 0 aliphatic rings. The summed E-state index contributed by atoms with van der Waals surface area (Å²) in [4.78, 5) is 4.90. The number of anilines is 1. The van der Waals surface area contributed by atoms with Gasteiger partial charge in [-0.15, -0.1) is 11.3 Å². The maximum Gasteiger partial charge on any atom is 0.137 e. The first-order valence-electron chi connectivity index (χ1n) is 7.58. The Kier molecular flexibility index (Phi) is 5.05. The summed E-state index contributed by atoms with van der Waals surface area (Å²) in [6, 6.07) is 7.50. The van der Waals surface area contributed by atoms with E-state index in [1.54, 1.807) is 17.1 Å². The summed E-state index contributed by atoms with van der Waals surface area (Å²) in [5.74, 6) is -1.53. The summed E-state index contributed by atoms with van der Waals surface area (Å²) in [6.07, 6.45) is 2.95. The number of nitriles is 1. The molecule has 0 radical (unpaired) electrons. The third kappa shape index (κ3) is 4.00. The van der Waals surface area contributed by atoms with Crippen molar-refractivity contribution in [2.24, 2.45) is 0 Å². The normalized spacial score (nSPS) is 11.9. The van der Waals surface area contributed by atoms with Crippen LogP contribution in [-0.2, 0) is 6.54 Å². The van der Waals surface area contributed by atoms with Gasteiger partial charge in [-0.1, -0.05) is 6.07 Å². The van der Waals surface area contributed by atoms with Crippen molar-refractivity contribution < 1.29 is 8.78 Å². The quantitative estimate of drug-likeness (QED) is 0.729. The van der Waals surface area contributed by atoms with Crippen LogP contribution in [0, 0.1) is 29.9 Å². The van der Waals surface area contributed by atoms with Crippen LogP contribution in [0.3, 0.4) is 0 Å². The largest absolute Gasteiger partial charge is 0.375 e. The van der Waals surface area contributed by atoms with Gasteiger partial charge in [0, 0.05) is 23.4 Å². The van der Waals surface area contributed by atoms with E-state index < -0.39 is 11.6 Å². The highest BCUT2D eigenvalue weighted by molar-refractivity contribution is 7.16. The van der Waals surface area contributed by atoms with E-state index in [4.69, 9.17) is 0 Å². The second kappa shape index (κ2) is 7.40. The fraction of sp³-hybridized carbons (Fsp3) is 0.235. The molecule has 1 aromatic carbocycles. The molecule has 128 valence electrons. The van der Waals surface area contributed by atoms with E-state index in [9.17, 15) is 14.0 Å². The van der Waals surface area contributed by atoms with Crippen LogP contribution in [0.4, 0.5) is 13.8 Å². The summed E-state index contributed by atoms with van der Waals surface area (Å²) in [5, 5.41) is 17.2. The number of rotatable bonds is 6. The molecule has 8 heteroatoms. The Morgan fingerprint density at radius 1 is 1.36 bits per heavy atom. The molecule has 3 rings (SSSR count). The molecule has 1 unspecified atom stereocenters. The van der Waals surface area contributed by atoms with Crippen LogP contribution in [0.25, 0.3) is 0 Å². The van der Waals surface area contributed by atoms with Gasteiger partial charge in [0.2, 0.25) is 0 Å². The van der Waals surface area contributed by atoms with E-state index >= 15 is 0 Å². The minimum Gasteiger partial charge on any atom is -0.375 e. The Morgan fingerprint density at radius 2 is 2.20 bits per heavy atom. The molecular weight excluding hydrogens is 344 g/mol. The van der Waals surface area contributed by atoms with Crippen LogP contribution >= 0.6 is 11.3 Å². The van der Waals surface area contributed by atoms with Crippen molar-refractivity contribution in [2.45, 2.75) is 19.4 Å². The molecule has 0 spiro atoms. The third-order valence-corrected chi connectivity index (χ3v) is 4.77. The minimum absolute atomic E-state index is 0.309. The number of benzene rings is 1. The topological polar surface area (TPSA) is 66.5 Å². The van der Waals surface area contributed by atoms with Crippen molar-refractivity contribution in [2.75, 3.05) is 11.9 Å². The highest BCUT2D eigenvalue weighted by Gasteiger charge is 2.19. The summed E-state index contributed by atoms with van der Waals surface area (Å²) in [7, 11) is 0. The van der Waals surface area contributed by atoms with Crippen LogP contribution in [0.1, 0.15) is 21.9 Å². The molecule has 2 heterocycles. The average molecular weight is 359 g/mol. The Labute approximate surface area is 147 Å². The van der Waals surface area contributed by atoms with Crippen LogP contribution in [-0.4, -0.2) is 21.3 Å². The van der Waals surface area contributed by atoms with E-state index in [1.165, 1.54) is 29.8 Å². The molecule has 0 aliphatic heterocycles. The van der Waals surface area contributed by atoms with Crippen LogP contribution in [0.2, 0.25) is 0 Å². The zero-order valence-electron chi connectivity index (χ0n) is 13.4. The lowest BCUT2D eigenvalue weighted by Crippen LogP contribution is -2.20. The first-order valence-corrected chi connectivity index (χ1v) is 8.40. The Bertz CT molecular complexity index is 898. The molecule has 1 N–H and O–H groups in total.